The van der Waals surface area contributed by atoms with Crippen LogP contribution < -0.4 is 5.32 Å². The minimum Gasteiger partial charge on any atom is -0.353 e. The summed E-state index contributed by atoms with van der Waals surface area (Å²) >= 11 is 0. The van der Waals surface area contributed by atoms with Crippen LogP contribution in [0.25, 0.3) is 0 Å². The Labute approximate surface area is 137 Å². The van der Waals surface area contributed by atoms with Gasteiger partial charge in [-0.1, -0.05) is 52.7 Å². The van der Waals surface area contributed by atoms with Crippen molar-refractivity contribution in [1.29, 1.82) is 0 Å². The minimum atomic E-state index is 0.120. The number of hydrogen-bond donors (Lipinski definition) is 1. The van der Waals surface area contributed by atoms with Gasteiger partial charge in [-0.3, -0.25) is 4.79 Å². The summed E-state index contributed by atoms with van der Waals surface area (Å²) < 4.78 is 0. The van der Waals surface area contributed by atoms with Crippen LogP contribution in [0.2, 0.25) is 0 Å². The van der Waals surface area contributed by atoms with Crippen molar-refractivity contribution in [2.24, 2.45) is 35.0 Å². The first-order valence-electron chi connectivity index (χ1n) is 9.10. The lowest BCUT2D eigenvalue weighted by molar-refractivity contribution is -0.124. The van der Waals surface area contributed by atoms with Crippen LogP contribution >= 0.6 is 0 Å². The van der Waals surface area contributed by atoms with E-state index in [-0.39, 0.29) is 17.2 Å². The van der Waals surface area contributed by atoms with Crippen molar-refractivity contribution >= 4 is 5.91 Å². The Balaban J connectivity index is 2.03. The first-order valence-corrected chi connectivity index (χ1v) is 9.10. The van der Waals surface area contributed by atoms with E-state index in [1.807, 2.05) is 0 Å². The Kier molecular flexibility index (Phi) is 5.09. The zero-order chi connectivity index (χ0) is 16.7. The maximum atomic E-state index is 12.8. The lowest BCUT2D eigenvalue weighted by Crippen LogP contribution is -2.46. The Bertz CT molecular complexity index is 445. The van der Waals surface area contributed by atoms with Crippen LogP contribution in [0.5, 0.6) is 0 Å². The van der Waals surface area contributed by atoms with Gasteiger partial charge in [-0.2, -0.15) is 0 Å². The number of carbonyl (C=O) groups excluding carboxylic acids is 1. The molecule has 0 bridgehead atoms. The van der Waals surface area contributed by atoms with Gasteiger partial charge in [-0.15, -0.1) is 0 Å². The summed E-state index contributed by atoms with van der Waals surface area (Å²) in [6, 6.07) is 0.375. The summed E-state index contributed by atoms with van der Waals surface area (Å²) in [6.07, 6.45) is 6.00. The molecule has 0 aromatic rings. The monoisotopic (exact) mass is 305 g/mol. The fourth-order valence-electron chi connectivity index (χ4n) is 4.49. The van der Waals surface area contributed by atoms with Crippen LogP contribution in [0.1, 0.15) is 67.7 Å². The van der Waals surface area contributed by atoms with Gasteiger partial charge < -0.3 is 5.32 Å². The second kappa shape index (κ2) is 6.37. The molecular weight excluding hydrogens is 270 g/mol. The zero-order valence-corrected chi connectivity index (χ0v) is 15.6. The average Bonchev–Trinajstić information content (AvgIpc) is 2.89. The number of carbonyl (C=O) groups is 1. The lowest BCUT2D eigenvalue weighted by atomic mass is 9.74. The van der Waals surface area contributed by atoms with Crippen molar-refractivity contribution < 1.29 is 4.79 Å². The van der Waals surface area contributed by atoms with Crippen molar-refractivity contribution in [2.45, 2.75) is 73.8 Å². The lowest BCUT2D eigenvalue weighted by Gasteiger charge is -2.38. The van der Waals surface area contributed by atoms with Gasteiger partial charge in [0.2, 0.25) is 5.91 Å². The quantitative estimate of drug-likeness (QED) is 0.743. The molecule has 2 rings (SSSR count). The average molecular weight is 306 g/mol. The van der Waals surface area contributed by atoms with E-state index in [1.165, 1.54) is 18.4 Å². The molecule has 2 heteroatoms. The Morgan fingerprint density at radius 1 is 1.23 bits per heavy atom. The van der Waals surface area contributed by atoms with E-state index in [2.05, 4.69) is 59.9 Å². The van der Waals surface area contributed by atoms with Crippen LogP contribution in [0.15, 0.2) is 11.6 Å². The first-order chi connectivity index (χ1) is 10.1. The molecule has 0 saturated heterocycles. The molecule has 0 aliphatic heterocycles. The minimum absolute atomic E-state index is 0.120. The normalized spacial score (nSPS) is 36.8. The van der Waals surface area contributed by atoms with E-state index in [1.54, 1.807) is 0 Å². The summed E-state index contributed by atoms with van der Waals surface area (Å²) in [5.74, 6) is 2.89. The van der Waals surface area contributed by atoms with E-state index in [0.29, 0.717) is 23.8 Å². The fourth-order valence-corrected chi connectivity index (χ4v) is 4.49. The maximum Gasteiger partial charge on any atom is 0.224 e. The van der Waals surface area contributed by atoms with E-state index in [9.17, 15) is 4.79 Å². The molecule has 1 N–H and O–H groups in total. The highest BCUT2D eigenvalue weighted by Crippen LogP contribution is 2.59. The van der Waals surface area contributed by atoms with Gasteiger partial charge in [0.25, 0.3) is 0 Å². The Morgan fingerprint density at radius 3 is 2.41 bits per heavy atom. The summed E-state index contributed by atoms with van der Waals surface area (Å²) in [4.78, 5) is 12.8. The van der Waals surface area contributed by atoms with E-state index in [0.717, 1.165) is 12.3 Å². The van der Waals surface area contributed by atoms with Crippen molar-refractivity contribution in [3.63, 3.8) is 0 Å². The van der Waals surface area contributed by atoms with Crippen LogP contribution in [-0.2, 0) is 4.79 Å². The molecular formula is C20H35NO. The number of nitrogens with one attached hydrogen (secondary N) is 1. The third kappa shape index (κ3) is 3.58. The van der Waals surface area contributed by atoms with Crippen molar-refractivity contribution in [3.8, 4) is 0 Å². The number of allylic oxidation sites excluding steroid dienone is 2. The van der Waals surface area contributed by atoms with Gasteiger partial charge in [0, 0.05) is 6.04 Å². The first kappa shape index (κ1) is 17.6. The highest BCUT2D eigenvalue weighted by molar-refractivity contribution is 5.84. The van der Waals surface area contributed by atoms with Gasteiger partial charge in [0.05, 0.1) is 5.92 Å². The van der Waals surface area contributed by atoms with Gasteiger partial charge in [0.15, 0.2) is 0 Å². The molecule has 22 heavy (non-hydrogen) atoms. The predicted octanol–water partition coefficient (Wildman–Crippen LogP) is 4.80. The zero-order valence-electron chi connectivity index (χ0n) is 15.6. The van der Waals surface area contributed by atoms with Crippen molar-refractivity contribution in [2.75, 3.05) is 0 Å². The molecule has 2 fully saturated rings. The molecule has 0 spiro atoms. The van der Waals surface area contributed by atoms with E-state index >= 15 is 0 Å². The van der Waals surface area contributed by atoms with Gasteiger partial charge in [-0.05, 0) is 55.8 Å². The molecule has 2 aliphatic rings. The molecule has 0 heterocycles. The smallest absolute Gasteiger partial charge is 0.224 e. The molecule has 0 radical (unpaired) electrons. The van der Waals surface area contributed by atoms with E-state index in [4.69, 9.17) is 0 Å². The van der Waals surface area contributed by atoms with Crippen LogP contribution in [0.3, 0.4) is 0 Å². The second-order valence-electron chi connectivity index (χ2n) is 9.01. The predicted molar refractivity (Wildman–Crippen MR) is 93.5 cm³/mol. The number of amides is 1. The molecule has 1 amide bonds. The van der Waals surface area contributed by atoms with Crippen molar-refractivity contribution in [3.05, 3.63) is 11.6 Å². The molecule has 2 aliphatic carbocycles. The molecule has 0 aromatic carbocycles. The molecule has 0 unspecified atom stereocenters. The summed E-state index contributed by atoms with van der Waals surface area (Å²) in [7, 11) is 0. The van der Waals surface area contributed by atoms with Gasteiger partial charge in [-0.25, -0.2) is 0 Å². The van der Waals surface area contributed by atoms with E-state index < -0.39 is 0 Å². The Morgan fingerprint density at radius 2 is 1.86 bits per heavy atom. The largest absolute Gasteiger partial charge is 0.353 e. The molecule has 2 saturated carbocycles. The SMILES string of the molecule is CC(C)=C[C@@H]1[C@H](C(=O)N[C@H]2C[C@H](C)CC[C@H]2C(C)C)C1(C)C. The summed E-state index contributed by atoms with van der Waals surface area (Å²) in [6.45, 7) is 15.6. The standard InChI is InChI=1S/C20H35NO/c1-12(2)10-16-18(20(16,6)7)19(22)21-17-11-14(5)8-9-15(17)13(3)4/h10,13-18H,8-9,11H2,1-7H3,(H,21,22)/t14-,15+,16-,17+,18-/m1/s1. The third-order valence-electron chi connectivity index (χ3n) is 6.06. The number of rotatable bonds is 4. The highest BCUT2D eigenvalue weighted by atomic mass is 16.2. The summed E-state index contributed by atoms with van der Waals surface area (Å²) in [5.41, 5.74) is 1.44. The number of hydrogen-bond acceptors (Lipinski definition) is 1. The second-order valence-corrected chi connectivity index (χ2v) is 9.01. The Hall–Kier alpha value is -0.790. The van der Waals surface area contributed by atoms with Gasteiger partial charge >= 0.3 is 0 Å². The topological polar surface area (TPSA) is 29.1 Å². The van der Waals surface area contributed by atoms with Crippen molar-refractivity contribution in [1.82, 2.24) is 5.32 Å². The highest BCUT2D eigenvalue weighted by Gasteiger charge is 2.60. The fraction of sp³-hybridized carbons (Fsp3) is 0.850. The maximum absolute atomic E-state index is 12.8. The molecule has 0 aromatic heterocycles. The van der Waals surface area contributed by atoms with Gasteiger partial charge in [0.1, 0.15) is 0 Å². The molecule has 5 atom stereocenters. The molecule has 2 nitrogen and oxygen atoms in total. The van der Waals surface area contributed by atoms with Crippen LogP contribution in [0.4, 0.5) is 0 Å². The van der Waals surface area contributed by atoms with Crippen LogP contribution in [-0.4, -0.2) is 11.9 Å². The molecule has 126 valence electrons. The third-order valence-corrected chi connectivity index (χ3v) is 6.06. The van der Waals surface area contributed by atoms with Crippen LogP contribution in [0, 0.1) is 35.0 Å². The summed E-state index contributed by atoms with van der Waals surface area (Å²) in [5, 5.41) is 3.43.